The highest BCUT2D eigenvalue weighted by Gasteiger charge is 2.34. The van der Waals surface area contributed by atoms with Gasteiger partial charge in [-0.3, -0.25) is 14.5 Å². The van der Waals surface area contributed by atoms with Gasteiger partial charge in [-0.05, 0) is 52.8 Å². The summed E-state index contributed by atoms with van der Waals surface area (Å²) >= 11 is 1.62. The van der Waals surface area contributed by atoms with E-state index in [2.05, 4.69) is 38.2 Å². The van der Waals surface area contributed by atoms with Crippen LogP contribution in [0.3, 0.4) is 0 Å². The summed E-state index contributed by atoms with van der Waals surface area (Å²) in [5.74, 6) is 0.317. The zero-order valence-electron chi connectivity index (χ0n) is 20.2. The Balaban J connectivity index is 1.55. The molecule has 4 rings (SSSR count). The molecule has 1 aliphatic heterocycles. The second kappa shape index (κ2) is 10.1. The number of hydrogen-bond donors (Lipinski definition) is 1. The number of amides is 2. The standard InChI is InChI=1S/C29H32N2O2S/c1-5-25(20-10-7-6-8-11-20)27(33)30-23-13-9-12-21(18-23)28-31(26(32)19-34-28)24-16-14-22(15-17-24)29(2,3)4/h6-18,25,28H,5,19H2,1-4H3,(H,30,33)/t25-,28+/m0/s1. The lowest BCUT2D eigenvalue weighted by Crippen LogP contribution is -2.28. The van der Waals surface area contributed by atoms with Crippen LogP contribution in [0.5, 0.6) is 0 Å². The molecule has 0 aliphatic carbocycles. The van der Waals surface area contributed by atoms with Gasteiger partial charge in [-0.1, -0.05) is 82.3 Å². The molecule has 5 heteroatoms. The van der Waals surface area contributed by atoms with Gasteiger partial charge >= 0.3 is 0 Å². The third-order valence-electron chi connectivity index (χ3n) is 6.25. The number of anilines is 2. The monoisotopic (exact) mass is 472 g/mol. The maximum absolute atomic E-state index is 13.0. The van der Waals surface area contributed by atoms with Crippen LogP contribution < -0.4 is 10.2 Å². The number of benzene rings is 3. The molecule has 0 aromatic heterocycles. The molecular weight excluding hydrogens is 440 g/mol. The highest BCUT2D eigenvalue weighted by Crippen LogP contribution is 2.42. The van der Waals surface area contributed by atoms with Gasteiger partial charge in [0.25, 0.3) is 0 Å². The molecule has 34 heavy (non-hydrogen) atoms. The molecule has 1 N–H and O–H groups in total. The quantitative estimate of drug-likeness (QED) is 0.425. The lowest BCUT2D eigenvalue weighted by atomic mass is 9.87. The summed E-state index contributed by atoms with van der Waals surface area (Å²) < 4.78 is 0. The summed E-state index contributed by atoms with van der Waals surface area (Å²) in [4.78, 5) is 27.7. The SMILES string of the molecule is CC[C@H](C(=O)Nc1cccc([C@H]2SCC(=O)N2c2ccc(C(C)(C)C)cc2)c1)c1ccccc1. The molecule has 1 heterocycles. The van der Waals surface area contributed by atoms with E-state index in [1.54, 1.807) is 11.8 Å². The Labute approximate surface area is 206 Å². The van der Waals surface area contributed by atoms with Crippen LogP contribution in [-0.4, -0.2) is 17.6 Å². The topological polar surface area (TPSA) is 49.4 Å². The van der Waals surface area contributed by atoms with E-state index in [4.69, 9.17) is 0 Å². The molecular formula is C29H32N2O2S. The first-order valence-electron chi connectivity index (χ1n) is 11.8. The first-order chi connectivity index (χ1) is 16.3. The third kappa shape index (κ3) is 5.20. The van der Waals surface area contributed by atoms with E-state index in [0.717, 1.165) is 28.9 Å². The lowest BCUT2D eigenvalue weighted by Gasteiger charge is -2.26. The summed E-state index contributed by atoms with van der Waals surface area (Å²) in [6, 6.07) is 26.0. The Hall–Kier alpha value is -3.05. The second-order valence-electron chi connectivity index (χ2n) is 9.71. The minimum absolute atomic E-state index is 0.0179. The zero-order chi connectivity index (χ0) is 24.3. The molecule has 0 radical (unpaired) electrons. The molecule has 0 saturated carbocycles. The summed E-state index contributed by atoms with van der Waals surface area (Å²) in [5.41, 5.74) is 4.96. The molecule has 3 aromatic rings. The van der Waals surface area contributed by atoms with Crippen LogP contribution in [0.15, 0.2) is 78.9 Å². The number of carbonyl (C=O) groups is 2. The van der Waals surface area contributed by atoms with Crippen molar-refractivity contribution in [2.24, 2.45) is 0 Å². The number of carbonyl (C=O) groups excluding carboxylic acids is 2. The predicted molar refractivity (Wildman–Crippen MR) is 142 cm³/mol. The Morgan fingerprint density at radius 2 is 1.74 bits per heavy atom. The Kier molecular flexibility index (Phi) is 7.13. The number of hydrogen-bond acceptors (Lipinski definition) is 3. The highest BCUT2D eigenvalue weighted by molar-refractivity contribution is 8.00. The maximum atomic E-state index is 13.0. The van der Waals surface area contributed by atoms with Crippen molar-refractivity contribution in [3.05, 3.63) is 95.6 Å². The van der Waals surface area contributed by atoms with Gasteiger partial charge in [-0.25, -0.2) is 0 Å². The molecule has 3 aromatic carbocycles. The van der Waals surface area contributed by atoms with Gasteiger partial charge in [0.15, 0.2) is 0 Å². The highest BCUT2D eigenvalue weighted by atomic mass is 32.2. The zero-order valence-corrected chi connectivity index (χ0v) is 21.1. The molecule has 1 aliphatic rings. The van der Waals surface area contributed by atoms with Crippen molar-refractivity contribution < 1.29 is 9.59 Å². The van der Waals surface area contributed by atoms with Crippen LogP contribution in [0, 0.1) is 0 Å². The Morgan fingerprint density at radius 3 is 2.38 bits per heavy atom. The van der Waals surface area contributed by atoms with Crippen molar-refractivity contribution in [3.8, 4) is 0 Å². The smallest absolute Gasteiger partial charge is 0.238 e. The number of thioether (sulfide) groups is 1. The number of nitrogens with one attached hydrogen (secondary N) is 1. The van der Waals surface area contributed by atoms with E-state index in [-0.39, 0.29) is 28.5 Å². The lowest BCUT2D eigenvalue weighted by molar-refractivity contribution is -0.118. The molecule has 1 saturated heterocycles. The number of rotatable bonds is 6. The van der Waals surface area contributed by atoms with Gasteiger partial charge in [0.05, 0.1) is 11.7 Å². The average Bonchev–Trinajstić information content (AvgIpc) is 3.21. The molecule has 0 spiro atoms. The maximum Gasteiger partial charge on any atom is 0.238 e. The molecule has 2 atom stereocenters. The fraction of sp³-hybridized carbons (Fsp3) is 0.310. The molecule has 0 bridgehead atoms. The molecule has 176 valence electrons. The molecule has 0 unspecified atom stereocenters. The van der Waals surface area contributed by atoms with Crippen molar-refractivity contribution >= 4 is 35.0 Å². The summed E-state index contributed by atoms with van der Waals surface area (Å²) in [7, 11) is 0. The van der Waals surface area contributed by atoms with Crippen LogP contribution in [0.2, 0.25) is 0 Å². The minimum Gasteiger partial charge on any atom is -0.326 e. The molecule has 1 fully saturated rings. The molecule has 4 nitrogen and oxygen atoms in total. The van der Waals surface area contributed by atoms with E-state index < -0.39 is 0 Å². The van der Waals surface area contributed by atoms with Crippen LogP contribution in [0.1, 0.15) is 62.1 Å². The van der Waals surface area contributed by atoms with E-state index in [1.807, 2.05) is 78.6 Å². The normalized spacial score (nSPS) is 17.0. The van der Waals surface area contributed by atoms with Crippen molar-refractivity contribution in [3.63, 3.8) is 0 Å². The van der Waals surface area contributed by atoms with Gasteiger partial charge in [0.2, 0.25) is 11.8 Å². The second-order valence-corrected chi connectivity index (χ2v) is 10.8. The van der Waals surface area contributed by atoms with Gasteiger partial charge in [-0.2, -0.15) is 0 Å². The average molecular weight is 473 g/mol. The predicted octanol–water partition coefficient (Wildman–Crippen LogP) is 6.90. The Morgan fingerprint density at radius 1 is 1.03 bits per heavy atom. The van der Waals surface area contributed by atoms with E-state index >= 15 is 0 Å². The summed E-state index contributed by atoms with van der Waals surface area (Å²) in [6.45, 7) is 8.57. The van der Waals surface area contributed by atoms with Gasteiger partial charge in [0.1, 0.15) is 5.37 Å². The van der Waals surface area contributed by atoms with Crippen molar-refractivity contribution in [2.75, 3.05) is 16.0 Å². The van der Waals surface area contributed by atoms with Gasteiger partial charge in [-0.15, -0.1) is 11.8 Å². The van der Waals surface area contributed by atoms with E-state index in [1.165, 1.54) is 5.56 Å². The van der Waals surface area contributed by atoms with Crippen LogP contribution in [-0.2, 0) is 15.0 Å². The summed E-state index contributed by atoms with van der Waals surface area (Å²) in [6.07, 6.45) is 0.723. The van der Waals surface area contributed by atoms with E-state index in [9.17, 15) is 9.59 Å². The summed E-state index contributed by atoms with van der Waals surface area (Å²) in [5, 5.41) is 2.97. The molecule has 2 amide bonds. The first-order valence-corrected chi connectivity index (χ1v) is 12.8. The Bertz CT molecular complexity index is 1150. The fourth-order valence-corrected chi connectivity index (χ4v) is 5.50. The van der Waals surface area contributed by atoms with Gasteiger partial charge in [0, 0.05) is 11.4 Å². The largest absolute Gasteiger partial charge is 0.326 e. The van der Waals surface area contributed by atoms with Gasteiger partial charge < -0.3 is 5.32 Å². The van der Waals surface area contributed by atoms with Crippen molar-refractivity contribution in [2.45, 2.75) is 50.8 Å². The van der Waals surface area contributed by atoms with Crippen molar-refractivity contribution in [1.29, 1.82) is 0 Å². The van der Waals surface area contributed by atoms with Crippen LogP contribution in [0.4, 0.5) is 11.4 Å². The van der Waals surface area contributed by atoms with Crippen LogP contribution in [0.25, 0.3) is 0 Å². The first kappa shape index (κ1) is 24.1. The van der Waals surface area contributed by atoms with E-state index in [0.29, 0.717) is 5.75 Å². The third-order valence-corrected chi connectivity index (χ3v) is 7.46. The fourth-order valence-electron chi connectivity index (χ4n) is 4.33. The van der Waals surface area contributed by atoms with Crippen LogP contribution >= 0.6 is 11.8 Å². The minimum atomic E-state index is -0.204. The van der Waals surface area contributed by atoms with Crippen molar-refractivity contribution in [1.82, 2.24) is 0 Å². The number of nitrogens with zero attached hydrogens (tertiary/aromatic N) is 1.